The second kappa shape index (κ2) is 43.7. The molecule has 294 valence electrons. The topological polar surface area (TPSA) is 131 Å². The van der Waals surface area contributed by atoms with Gasteiger partial charge in [0.15, 0.2) is 0 Å². The lowest BCUT2D eigenvalue weighted by atomic mass is 10.0. The van der Waals surface area contributed by atoms with E-state index in [0.29, 0.717) is 49.4 Å². The Balaban J connectivity index is -0.000000108. The van der Waals surface area contributed by atoms with Crippen LogP contribution >= 0.6 is 0 Å². The molecule has 6 N–H and O–H groups in total. The van der Waals surface area contributed by atoms with E-state index >= 15 is 0 Å². The molecule has 0 spiro atoms. The average molecular weight is 685 g/mol. The molecule has 0 bridgehead atoms. The van der Waals surface area contributed by atoms with Crippen LogP contribution in [-0.2, 0) is 4.74 Å². The molecule has 1 unspecified atom stereocenters. The van der Waals surface area contributed by atoms with Gasteiger partial charge in [-0.25, -0.2) is 0 Å². The molecule has 0 aromatic carbocycles. The van der Waals surface area contributed by atoms with Crippen molar-refractivity contribution >= 4 is 0 Å². The molecule has 5 atom stereocenters. The number of rotatable bonds is 18. The Morgan fingerprint density at radius 2 is 0.723 bits per heavy atom. The van der Waals surface area contributed by atoms with Gasteiger partial charge in [0, 0.05) is 13.2 Å². The molecule has 47 heavy (non-hydrogen) atoms. The molecule has 7 nitrogen and oxygen atoms in total. The molecule has 0 radical (unpaired) electrons. The zero-order valence-electron chi connectivity index (χ0n) is 34.9. The van der Waals surface area contributed by atoms with Gasteiger partial charge in [-0.15, -0.1) is 0 Å². The lowest BCUT2D eigenvalue weighted by molar-refractivity contribution is 0.0317. The molecule has 0 saturated carbocycles. The maximum absolute atomic E-state index is 9.23. The first-order valence-corrected chi connectivity index (χ1v) is 19.1. The molecular weight excluding hydrogens is 592 g/mol. The van der Waals surface area contributed by atoms with Crippen molar-refractivity contribution in [3.63, 3.8) is 0 Å². The third-order valence-electron chi connectivity index (χ3n) is 6.25. The van der Waals surface area contributed by atoms with Gasteiger partial charge in [-0.2, -0.15) is 0 Å². The van der Waals surface area contributed by atoms with Crippen molar-refractivity contribution in [2.45, 2.75) is 206 Å². The molecule has 7 heteroatoms. The molecular formula is C40H92O7. The lowest BCUT2D eigenvalue weighted by Gasteiger charge is -2.11. The van der Waals surface area contributed by atoms with Crippen LogP contribution in [0.1, 0.15) is 175 Å². The normalized spacial score (nSPS) is 14.0. The summed E-state index contributed by atoms with van der Waals surface area (Å²) < 4.78 is 5.05. The predicted octanol–water partition coefficient (Wildman–Crippen LogP) is 9.28. The number of hydrogen-bond acceptors (Lipinski definition) is 7. The van der Waals surface area contributed by atoms with Gasteiger partial charge < -0.3 is 35.4 Å². The minimum atomic E-state index is -0.278. The largest absolute Gasteiger partial charge is 0.396 e. The molecule has 0 aliphatic rings. The van der Waals surface area contributed by atoms with Crippen LogP contribution in [0.3, 0.4) is 0 Å². The van der Waals surface area contributed by atoms with Crippen LogP contribution in [-0.4, -0.2) is 81.0 Å². The van der Waals surface area contributed by atoms with E-state index in [-0.39, 0.29) is 30.5 Å². The van der Waals surface area contributed by atoms with Gasteiger partial charge in [0.1, 0.15) is 0 Å². The maximum atomic E-state index is 9.23. The van der Waals surface area contributed by atoms with Gasteiger partial charge in [0.25, 0.3) is 0 Å². The number of aliphatic hydroxyl groups excluding tert-OH is 6. The van der Waals surface area contributed by atoms with Crippen molar-refractivity contribution in [3.05, 3.63) is 0 Å². The Morgan fingerprint density at radius 1 is 0.426 bits per heavy atom. The van der Waals surface area contributed by atoms with Crippen molar-refractivity contribution in [1.29, 1.82) is 0 Å². The van der Waals surface area contributed by atoms with Crippen LogP contribution in [0.5, 0.6) is 0 Å². The molecule has 0 fully saturated rings. The Labute approximate surface area is 296 Å². The summed E-state index contributed by atoms with van der Waals surface area (Å²) in [6.07, 6.45) is 7.75. The fourth-order valence-corrected chi connectivity index (χ4v) is 4.15. The Morgan fingerprint density at radius 3 is 0.851 bits per heavy atom. The van der Waals surface area contributed by atoms with Crippen molar-refractivity contribution in [1.82, 2.24) is 0 Å². The third-order valence-corrected chi connectivity index (χ3v) is 6.25. The van der Waals surface area contributed by atoms with Crippen LogP contribution in [0.2, 0.25) is 0 Å². The minimum absolute atomic E-state index is 0.0741. The minimum Gasteiger partial charge on any atom is -0.396 e. The molecule has 0 saturated heterocycles. The fraction of sp³-hybridized carbons (Fsp3) is 1.00. The molecule has 0 aliphatic heterocycles. The van der Waals surface area contributed by atoms with Crippen LogP contribution in [0, 0.1) is 35.5 Å². The number of hydrogen-bond donors (Lipinski definition) is 6. The summed E-state index contributed by atoms with van der Waals surface area (Å²) in [4.78, 5) is 0. The summed E-state index contributed by atoms with van der Waals surface area (Å²) in [5.41, 5.74) is 0. The smallest absolute Gasteiger partial charge is 0.0776 e. The summed E-state index contributed by atoms with van der Waals surface area (Å²) in [6, 6.07) is 0. The first-order valence-electron chi connectivity index (χ1n) is 19.1. The first kappa shape index (κ1) is 58.9. The number of ether oxygens (including phenoxy) is 1. The highest BCUT2D eigenvalue weighted by Crippen LogP contribution is 2.07. The molecule has 0 aromatic rings. The summed E-state index contributed by atoms with van der Waals surface area (Å²) in [7, 11) is 0. The molecule has 0 amide bonds. The van der Waals surface area contributed by atoms with E-state index in [9.17, 15) is 5.11 Å². The zero-order valence-corrected chi connectivity index (χ0v) is 34.9. The van der Waals surface area contributed by atoms with Crippen molar-refractivity contribution in [2.75, 3.05) is 19.8 Å². The highest BCUT2D eigenvalue weighted by molar-refractivity contribution is 4.57. The second-order valence-electron chi connectivity index (χ2n) is 15.5. The SMILES string of the molecule is CC(C)CCCO.CC(C)C[C@@H](C)O.CC(C)C[C@H](C)O.CCOCC(O)CC(C)C.CC[C@@H](O)CC(C)C.CC[C@H](O)CC(C)C. The quantitative estimate of drug-likeness (QED) is 0.0848. The maximum Gasteiger partial charge on any atom is 0.0776 e. The van der Waals surface area contributed by atoms with Crippen LogP contribution < -0.4 is 0 Å². The predicted molar refractivity (Wildman–Crippen MR) is 207 cm³/mol. The van der Waals surface area contributed by atoms with E-state index in [1.165, 1.54) is 0 Å². The Hall–Kier alpha value is -0.280. The van der Waals surface area contributed by atoms with Gasteiger partial charge in [-0.1, -0.05) is 96.9 Å². The lowest BCUT2D eigenvalue weighted by Crippen LogP contribution is -2.17. The molecule has 0 heterocycles. The second-order valence-corrected chi connectivity index (χ2v) is 15.5. The van der Waals surface area contributed by atoms with Gasteiger partial charge in [-0.3, -0.25) is 0 Å². The van der Waals surface area contributed by atoms with Gasteiger partial charge >= 0.3 is 0 Å². The van der Waals surface area contributed by atoms with Crippen LogP contribution in [0.4, 0.5) is 0 Å². The highest BCUT2D eigenvalue weighted by Gasteiger charge is 2.05. The summed E-state index contributed by atoms with van der Waals surface area (Å²) >= 11 is 0. The Kier molecular flexibility index (Phi) is 54.8. The van der Waals surface area contributed by atoms with Crippen molar-refractivity contribution < 1.29 is 35.4 Å². The van der Waals surface area contributed by atoms with E-state index in [4.69, 9.17) is 30.3 Å². The average Bonchev–Trinajstić information content (AvgIpc) is 2.89. The van der Waals surface area contributed by atoms with E-state index < -0.39 is 0 Å². The molecule has 0 rings (SSSR count). The van der Waals surface area contributed by atoms with Gasteiger partial charge in [0.05, 0.1) is 37.1 Å². The standard InChI is InChI=1S/C8H18O2.2C7H16O.3C6H14O/c1-4-10-6-8(9)5-7(2)3;2*1-4-7(8)5-6(2)3;2*1-5(2)4-6(3)7;1-6(2)4-3-5-7/h7-9H,4-6H2,1-3H3;2*6-8H,4-5H2,1-3H3;2*5-7H,4H2,1-3H3;6-7H,3-5H2,1-2H3/t;2*7-;2*6-;/m.1010./s1. The summed E-state index contributed by atoms with van der Waals surface area (Å²) in [5.74, 6) is 3.80. The van der Waals surface area contributed by atoms with Gasteiger partial charge in [-0.05, 0) is 114 Å². The van der Waals surface area contributed by atoms with E-state index in [1.54, 1.807) is 0 Å². The van der Waals surface area contributed by atoms with E-state index in [0.717, 1.165) is 63.7 Å². The summed E-state index contributed by atoms with van der Waals surface area (Å²) in [5, 5.41) is 53.0. The Bertz CT molecular complexity index is 479. The zero-order chi connectivity index (χ0) is 38.5. The van der Waals surface area contributed by atoms with Crippen molar-refractivity contribution in [3.8, 4) is 0 Å². The number of aliphatic hydroxyl groups is 6. The monoisotopic (exact) mass is 685 g/mol. The van der Waals surface area contributed by atoms with E-state index in [2.05, 4.69) is 83.1 Å². The summed E-state index contributed by atoms with van der Waals surface area (Å²) in [6.45, 7) is 36.5. The molecule has 0 aromatic heterocycles. The fourth-order valence-electron chi connectivity index (χ4n) is 4.15. The van der Waals surface area contributed by atoms with Gasteiger partial charge in [0.2, 0.25) is 0 Å². The van der Waals surface area contributed by atoms with E-state index in [1.807, 2.05) is 34.6 Å². The van der Waals surface area contributed by atoms with Crippen LogP contribution in [0.25, 0.3) is 0 Å². The van der Waals surface area contributed by atoms with Crippen molar-refractivity contribution in [2.24, 2.45) is 35.5 Å². The third kappa shape index (κ3) is 86.9. The molecule has 0 aliphatic carbocycles. The first-order chi connectivity index (χ1) is 21.5. The highest BCUT2D eigenvalue weighted by atomic mass is 16.5. The van der Waals surface area contributed by atoms with Crippen LogP contribution in [0.15, 0.2) is 0 Å².